The van der Waals surface area contributed by atoms with Crippen LogP contribution in [0, 0.1) is 5.82 Å². The van der Waals surface area contributed by atoms with Gasteiger partial charge in [0.15, 0.2) is 5.82 Å². The van der Waals surface area contributed by atoms with E-state index in [2.05, 4.69) is 20.5 Å². The van der Waals surface area contributed by atoms with E-state index in [9.17, 15) is 9.59 Å². The van der Waals surface area contributed by atoms with Crippen LogP contribution in [0.15, 0.2) is 85.2 Å². The summed E-state index contributed by atoms with van der Waals surface area (Å²) in [6.07, 6.45) is 3.49. The minimum atomic E-state index is -0.633. The van der Waals surface area contributed by atoms with Crippen molar-refractivity contribution in [1.29, 1.82) is 0 Å². The largest absolute Gasteiger partial charge is 0.378 e. The van der Waals surface area contributed by atoms with Crippen molar-refractivity contribution in [1.82, 2.24) is 19.9 Å². The summed E-state index contributed by atoms with van der Waals surface area (Å²) in [5.74, 6) is 0.347. The molecule has 0 unspecified atom stereocenters. The summed E-state index contributed by atoms with van der Waals surface area (Å²) in [5.41, 5.74) is 4.14. The molecule has 11 heteroatoms. The van der Waals surface area contributed by atoms with Crippen LogP contribution in [-0.4, -0.2) is 72.2 Å². The first-order valence-corrected chi connectivity index (χ1v) is 14.1. The Balaban J connectivity index is 1.26. The third-order valence-corrected chi connectivity index (χ3v) is 7.27. The maximum absolute atomic E-state index is 15.3. The van der Waals surface area contributed by atoms with Gasteiger partial charge < -0.3 is 25.2 Å². The lowest BCUT2D eigenvalue weighted by Crippen LogP contribution is -2.37. The molecule has 2 N–H and O–H groups in total. The Bertz CT molecular complexity index is 1830. The number of urea groups is 1. The molecule has 1 saturated heterocycles. The number of hydrogen-bond acceptors (Lipinski definition) is 7. The van der Waals surface area contributed by atoms with Gasteiger partial charge in [-0.05, 0) is 77.9 Å². The number of nitrogens with one attached hydrogen (secondary N) is 2. The van der Waals surface area contributed by atoms with Crippen molar-refractivity contribution in [2.24, 2.45) is 0 Å². The average Bonchev–Trinajstić information content (AvgIpc) is 3.05. The van der Waals surface area contributed by atoms with E-state index >= 15 is 4.39 Å². The number of pyridine rings is 1. The molecule has 0 atom stereocenters. The van der Waals surface area contributed by atoms with Crippen molar-refractivity contribution in [3.63, 3.8) is 0 Å². The molecule has 44 heavy (non-hydrogen) atoms. The molecule has 0 bridgehead atoms. The van der Waals surface area contributed by atoms with Crippen molar-refractivity contribution < 1.29 is 18.7 Å². The van der Waals surface area contributed by atoms with Gasteiger partial charge in [-0.25, -0.2) is 19.2 Å². The fourth-order valence-electron chi connectivity index (χ4n) is 4.98. The highest BCUT2D eigenvalue weighted by molar-refractivity contribution is 6.01. The lowest BCUT2D eigenvalue weighted by atomic mass is 10.0. The molecule has 3 aromatic carbocycles. The Hall–Kier alpha value is -5.42. The molecular weight excluding hydrogens is 561 g/mol. The summed E-state index contributed by atoms with van der Waals surface area (Å²) in [6, 6.07) is 20.2. The van der Waals surface area contributed by atoms with Gasteiger partial charge in [-0.15, -0.1) is 0 Å². The molecule has 0 saturated carbocycles. The van der Waals surface area contributed by atoms with E-state index in [0.717, 1.165) is 27.8 Å². The minimum absolute atomic E-state index is 0.000166. The van der Waals surface area contributed by atoms with Gasteiger partial charge in [0.05, 0.1) is 24.4 Å². The molecule has 2 aromatic heterocycles. The van der Waals surface area contributed by atoms with Gasteiger partial charge >= 0.3 is 6.03 Å². The highest BCUT2D eigenvalue weighted by atomic mass is 19.1. The first-order valence-electron chi connectivity index (χ1n) is 14.1. The summed E-state index contributed by atoms with van der Waals surface area (Å²) in [5, 5.41) is 6.09. The van der Waals surface area contributed by atoms with Crippen LogP contribution < -0.4 is 15.5 Å². The summed E-state index contributed by atoms with van der Waals surface area (Å²) in [7, 11) is 3.33. The number of carbonyl (C=O) groups is 2. The number of morpholine rings is 1. The zero-order valence-electron chi connectivity index (χ0n) is 24.3. The zero-order valence-corrected chi connectivity index (χ0v) is 24.3. The van der Waals surface area contributed by atoms with Gasteiger partial charge in [0.1, 0.15) is 11.6 Å². The molecule has 10 nitrogen and oxygen atoms in total. The van der Waals surface area contributed by atoms with Crippen LogP contribution in [0.4, 0.5) is 26.4 Å². The summed E-state index contributed by atoms with van der Waals surface area (Å²) in [4.78, 5) is 42.1. The Morgan fingerprint density at radius 3 is 2.27 bits per heavy atom. The van der Waals surface area contributed by atoms with Crippen molar-refractivity contribution in [2.45, 2.75) is 0 Å². The maximum Gasteiger partial charge on any atom is 0.323 e. The second kappa shape index (κ2) is 12.4. The van der Waals surface area contributed by atoms with Crippen LogP contribution in [0.1, 0.15) is 10.4 Å². The number of amides is 3. The van der Waals surface area contributed by atoms with Crippen LogP contribution in [0.25, 0.3) is 33.4 Å². The lowest BCUT2D eigenvalue weighted by Gasteiger charge is -2.29. The Kier molecular flexibility index (Phi) is 8.11. The number of rotatable bonds is 6. The molecule has 1 aliphatic rings. The van der Waals surface area contributed by atoms with Crippen molar-refractivity contribution in [2.75, 3.05) is 55.9 Å². The summed E-state index contributed by atoms with van der Waals surface area (Å²) < 4.78 is 20.9. The molecule has 222 valence electrons. The number of halogens is 1. The third kappa shape index (κ3) is 6.18. The number of benzene rings is 3. The van der Waals surface area contributed by atoms with E-state index in [-0.39, 0.29) is 11.6 Å². The monoisotopic (exact) mass is 591 g/mol. The Morgan fingerprint density at radius 2 is 1.57 bits per heavy atom. The van der Waals surface area contributed by atoms with Gasteiger partial charge in [0, 0.05) is 61.8 Å². The fourth-order valence-corrected chi connectivity index (χ4v) is 4.98. The van der Waals surface area contributed by atoms with Crippen molar-refractivity contribution in [3.8, 4) is 22.5 Å². The van der Waals surface area contributed by atoms with Crippen LogP contribution in [0.2, 0.25) is 0 Å². The molecular formula is C33H30FN7O3. The second-order valence-corrected chi connectivity index (χ2v) is 10.5. The lowest BCUT2D eigenvalue weighted by molar-refractivity contribution is 0.0827. The predicted molar refractivity (Wildman–Crippen MR) is 168 cm³/mol. The van der Waals surface area contributed by atoms with Crippen molar-refractivity contribution >= 4 is 40.0 Å². The molecule has 0 spiro atoms. The molecule has 0 aliphatic carbocycles. The summed E-state index contributed by atoms with van der Waals surface area (Å²) in [6.45, 7) is 2.54. The smallest absolute Gasteiger partial charge is 0.323 e. The quantitative estimate of drug-likeness (QED) is 0.261. The number of carbonyl (C=O) groups excluding carboxylic acids is 2. The first kappa shape index (κ1) is 28.7. The minimum Gasteiger partial charge on any atom is -0.378 e. The number of ether oxygens (including phenoxy) is 1. The number of nitrogens with zero attached hydrogens (tertiary/aromatic N) is 5. The SMILES string of the molecule is CN(C)C(=O)c1ccc(NC(=O)Nc2ccc(-c3nc(N4CCOCC4)c4ccc(-c5ccncc5)cc4n3)cc2F)cc1. The number of fused-ring (bicyclic) bond motifs is 1. The molecule has 5 aromatic rings. The molecule has 3 heterocycles. The Morgan fingerprint density at radius 1 is 0.841 bits per heavy atom. The van der Waals surface area contributed by atoms with Crippen molar-refractivity contribution in [3.05, 3.63) is 96.6 Å². The van der Waals surface area contributed by atoms with E-state index in [1.165, 1.54) is 17.0 Å². The van der Waals surface area contributed by atoms with E-state index in [1.807, 2.05) is 30.3 Å². The maximum atomic E-state index is 15.3. The van der Waals surface area contributed by atoms with Crippen LogP contribution in [0.3, 0.4) is 0 Å². The molecule has 3 amide bonds. The number of anilines is 3. The van der Waals surface area contributed by atoms with Gasteiger partial charge in [-0.1, -0.05) is 6.07 Å². The third-order valence-electron chi connectivity index (χ3n) is 7.27. The van der Waals surface area contributed by atoms with Crippen LogP contribution in [0.5, 0.6) is 0 Å². The standard InChI is InChI=1S/C33H30FN7O3/c1-40(2)32(42)22-3-7-25(8-4-22)36-33(43)38-28-10-6-24(19-27(28)34)30-37-29-20-23(21-11-13-35-14-12-21)5-9-26(29)31(39-30)41-15-17-44-18-16-41/h3-14,19-20H,15-18H2,1-2H3,(H2,36,38,43). The molecule has 6 rings (SSSR count). The van der Waals surface area contributed by atoms with E-state index in [0.29, 0.717) is 48.9 Å². The molecule has 0 radical (unpaired) electrons. The van der Waals surface area contributed by atoms with Gasteiger partial charge in [0.25, 0.3) is 5.91 Å². The van der Waals surface area contributed by atoms with Gasteiger partial charge in [0.2, 0.25) is 0 Å². The molecule has 1 fully saturated rings. The van der Waals surface area contributed by atoms with E-state index in [4.69, 9.17) is 14.7 Å². The van der Waals surface area contributed by atoms with Crippen LogP contribution in [-0.2, 0) is 4.74 Å². The fraction of sp³-hybridized carbons (Fsp3) is 0.182. The molecule has 1 aliphatic heterocycles. The van der Waals surface area contributed by atoms with Crippen LogP contribution >= 0.6 is 0 Å². The zero-order chi connectivity index (χ0) is 30.6. The Labute approximate surface area is 253 Å². The normalized spacial score (nSPS) is 13.0. The van der Waals surface area contributed by atoms with E-state index < -0.39 is 11.8 Å². The van der Waals surface area contributed by atoms with Gasteiger partial charge in [-0.2, -0.15) is 0 Å². The highest BCUT2D eigenvalue weighted by Gasteiger charge is 2.19. The number of hydrogen-bond donors (Lipinski definition) is 2. The summed E-state index contributed by atoms with van der Waals surface area (Å²) >= 11 is 0. The number of aromatic nitrogens is 3. The first-order chi connectivity index (χ1) is 21.4. The second-order valence-electron chi connectivity index (χ2n) is 10.5. The van der Waals surface area contributed by atoms with E-state index in [1.54, 1.807) is 56.8 Å². The topological polar surface area (TPSA) is 113 Å². The average molecular weight is 592 g/mol. The highest BCUT2D eigenvalue weighted by Crippen LogP contribution is 2.32. The predicted octanol–water partition coefficient (Wildman–Crippen LogP) is 5.68. The van der Waals surface area contributed by atoms with Gasteiger partial charge in [-0.3, -0.25) is 9.78 Å².